The van der Waals surface area contributed by atoms with Crippen LogP contribution in [0.2, 0.25) is 0 Å². The first kappa shape index (κ1) is 17.5. The molecule has 1 aromatic rings. The lowest BCUT2D eigenvalue weighted by Gasteiger charge is -2.24. The number of carbonyl (C=O) groups is 1. The van der Waals surface area contributed by atoms with Crippen LogP contribution in [0.4, 0.5) is 10.1 Å². The average Bonchev–Trinajstić information content (AvgIpc) is 2.40. The Hall–Kier alpha value is -1.58. The highest BCUT2D eigenvalue weighted by atomic mass is 19.1. The van der Waals surface area contributed by atoms with Gasteiger partial charge in [-0.3, -0.25) is 4.79 Å². The highest BCUT2D eigenvalue weighted by molar-refractivity contribution is 5.94. The van der Waals surface area contributed by atoms with E-state index in [1.54, 1.807) is 6.07 Å². The first-order valence-corrected chi connectivity index (χ1v) is 7.65. The van der Waals surface area contributed by atoms with Gasteiger partial charge in [0.2, 0.25) is 0 Å². The van der Waals surface area contributed by atoms with Crippen LogP contribution in [0, 0.1) is 17.7 Å². The number of hydrogen-bond acceptors (Lipinski definition) is 2. The van der Waals surface area contributed by atoms with Gasteiger partial charge >= 0.3 is 0 Å². The quantitative estimate of drug-likeness (QED) is 0.774. The third-order valence-corrected chi connectivity index (χ3v) is 3.49. The number of nitrogens with two attached hydrogens (primary N) is 1. The molecule has 0 aliphatic carbocycles. The van der Waals surface area contributed by atoms with Gasteiger partial charge in [-0.15, -0.1) is 0 Å². The Bertz CT molecular complexity index is 460. The summed E-state index contributed by atoms with van der Waals surface area (Å²) in [7, 11) is 0. The number of nitrogen functional groups attached to an aromatic ring is 1. The van der Waals surface area contributed by atoms with Crippen molar-refractivity contribution in [3.8, 4) is 0 Å². The third kappa shape index (κ3) is 5.74. The molecule has 0 aliphatic heterocycles. The van der Waals surface area contributed by atoms with Crippen molar-refractivity contribution in [2.24, 2.45) is 11.8 Å². The molecule has 0 atom stereocenters. The SMILES string of the molecule is CC(C)CCN(CCC(C)C)C(=O)c1ccc(N)c(F)c1. The van der Waals surface area contributed by atoms with Crippen molar-refractivity contribution in [1.82, 2.24) is 4.90 Å². The number of rotatable bonds is 7. The van der Waals surface area contributed by atoms with Crippen LogP contribution in [0.3, 0.4) is 0 Å². The van der Waals surface area contributed by atoms with Crippen LogP contribution in [0.1, 0.15) is 50.9 Å². The topological polar surface area (TPSA) is 46.3 Å². The maximum Gasteiger partial charge on any atom is 0.253 e. The minimum atomic E-state index is -0.534. The lowest BCUT2D eigenvalue weighted by atomic mass is 10.1. The zero-order valence-corrected chi connectivity index (χ0v) is 13.5. The van der Waals surface area contributed by atoms with Gasteiger partial charge in [-0.2, -0.15) is 0 Å². The van der Waals surface area contributed by atoms with E-state index in [0.717, 1.165) is 12.8 Å². The van der Waals surface area contributed by atoms with Gasteiger partial charge in [0.05, 0.1) is 5.69 Å². The van der Waals surface area contributed by atoms with Crippen molar-refractivity contribution in [3.05, 3.63) is 29.6 Å². The van der Waals surface area contributed by atoms with Gasteiger partial charge in [0.25, 0.3) is 5.91 Å². The second-order valence-electron chi connectivity index (χ2n) is 6.39. The monoisotopic (exact) mass is 294 g/mol. The van der Waals surface area contributed by atoms with Crippen LogP contribution >= 0.6 is 0 Å². The van der Waals surface area contributed by atoms with Crippen LogP contribution < -0.4 is 5.73 Å². The normalized spacial score (nSPS) is 11.2. The van der Waals surface area contributed by atoms with Crippen molar-refractivity contribution >= 4 is 11.6 Å². The molecule has 0 radical (unpaired) electrons. The Morgan fingerprint density at radius 1 is 1.14 bits per heavy atom. The summed E-state index contributed by atoms with van der Waals surface area (Å²) in [6.45, 7) is 9.94. The Morgan fingerprint density at radius 2 is 1.67 bits per heavy atom. The number of hydrogen-bond donors (Lipinski definition) is 1. The molecule has 0 aromatic heterocycles. The van der Waals surface area contributed by atoms with Gasteiger partial charge < -0.3 is 10.6 Å². The Kier molecular flexibility index (Phi) is 6.66. The summed E-state index contributed by atoms with van der Waals surface area (Å²) in [5, 5.41) is 0. The number of amides is 1. The molecule has 0 heterocycles. The summed E-state index contributed by atoms with van der Waals surface area (Å²) in [4.78, 5) is 14.4. The molecular formula is C17H27FN2O. The van der Waals surface area contributed by atoms with Gasteiger partial charge in [-0.05, 0) is 42.9 Å². The maximum atomic E-state index is 13.5. The Labute approximate surface area is 127 Å². The van der Waals surface area contributed by atoms with E-state index in [2.05, 4.69) is 27.7 Å². The molecular weight excluding hydrogens is 267 g/mol. The van der Waals surface area contributed by atoms with E-state index < -0.39 is 5.82 Å². The van der Waals surface area contributed by atoms with Crippen LogP contribution in [0.25, 0.3) is 0 Å². The summed E-state index contributed by atoms with van der Waals surface area (Å²) < 4.78 is 13.5. The van der Waals surface area contributed by atoms with Gasteiger partial charge in [0.1, 0.15) is 5.82 Å². The average molecular weight is 294 g/mol. The van der Waals surface area contributed by atoms with Gasteiger partial charge in [0.15, 0.2) is 0 Å². The molecule has 21 heavy (non-hydrogen) atoms. The van der Waals surface area contributed by atoms with Gasteiger partial charge in [0, 0.05) is 18.7 Å². The Balaban J connectivity index is 2.83. The first-order valence-electron chi connectivity index (χ1n) is 7.65. The smallest absolute Gasteiger partial charge is 0.253 e. The second-order valence-corrected chi connectivity index (χ2v) is 6.39. The molecule has 0 saturated heterocycles. The molecule has 0 saturated carbocycles. The summed E-state index contributed by atoms with van der Waals surface area (Å²) >= 11 is 0. The lowest BCUT2D eigenvalue weighted by molar-refractivity contribution is 0.0740. The summed E-state index contributed by atoms with van der Waals surface area (Å²) in [6, 6.07) is 4.28. The predicted octanol–water partition coefficient (Wildman–Crippen LogP) is 3.94. The fourth-order valence-electron chi connectivity index (χ4n) is 1.99. The molecule has 0 spiro atoms. The molecule has 0 aliphatic rings. The van der Waals surface area contributed by atoms with E-state index in [1.807, 2.05) is 4.90 Å². The van der Waals surface area contributed by atoms with Crippen LogP contribution in [-0.2, 0) is 0 Å². The Morgan fingerprint density at radius 3 is 2.10 bits per heavy atom. The second kappa shape index (κ2) is 8.01. The van der Waals surface area contributed by atoms with Crippen LogP contribution in [0.15, 0.2) is 18.2 Å². The highest BCUT2D eigenvalue weighted by Crippen LogP contribution is 2.15. The molecule has 1 rings (SSSR count). The molecule has 1 amide bonds. The summed E-state index contributed by atoms with van der Waals surface area (Å²) in [6.07, 6.45) is 1.89. The lowest BCUT2D eigenvalue weighted by Crippen LogP contribution is -2.34. The molecule has 3 nitrogen and oxygen atoms in total. The fraction of sp³-hybridized carbons (Fsp3) is 0.588. The molecule has 0 bridgehead atoms. The van der Waals surface area contributed by atoms with Crippen molar-refractivity contribution in [1.29, 1.82) is 0 Å². The van der Waals surface area contributed by atoms with Crippen molar-refractivity contribution in [2.75, 3.05) is 18.8 Å². The number of benzene rings is 1. The largest absolute Gasteiger partial charge is 0.396 e. The number of nitrogens with zero attached hydrogens (tertiary/aromatic N) is 1. The van der Waals surface area contributed by atoms with E-state index in [9.17, 15) is 9.18 Å². The number of anilines is 1. The molecule has 4 heteroatoms. The number of carbonyl (C=O) groups excluding carboxylic acids is 1. The number of halogens is 1. The predicted molar refractivity (Wildman–Crippen MR) is 85.6 cm³/mol. The fourth-order valence-corrected chi connectivity index (χ4v) is 1.99. The molecule has 0 unspecified atom stereocenters. The zero-order chi connectivity index (χ0) is 16.0. The van der Waals surface area contributed by atoms with E-state index in [4.69, 9.17) is 5.73 Å². The van der Waals surface area contributed by atoms with Crippen molar-refractivity contribution < 1.29 is 9.18 Å². The molecule has 2 N–H and O–H groups in total. The zero-order valence-electron chi connectivity index (χ0n) is 13.5. The van der Waals surface area contributed by atoms with Crippen LogP contribution in [0.5, 0.6) is 0 Å². The highest BCUT2D eigenvalue weighted by Gasteiger charge is 2.17. The molecule has 1 aromatic carbocycles. The summed E-state index contributed by atoms with van der Waals surface area (Å²) in [5.41, 5.74) is 5.90. The van der Waals surface area contributed by atoms with Crippen LogP contribution in [-0.4, -0.2) is 23.9 Å². The molecule has 0 fully saturated rings. The molecule has 118 valence electrons. The minimum Gasteiger partial charge on any atom is -0.396 e. The van der Waals surface area contributed by atoms with Crippen molar-refractivity contribution in [2.45, 2.75) is 40.5 Å². The van der Waals surface area contributed by atoms with Crippen molar-refractivity contribution in [3.63, 3.8) is 0 Å². The van der Waals surface area contributed by atoms with E-state index in [1.165, 1.54) is 12.1 Å². The van der Waals surface area contributed by atoms with E-state index in [0.29, 0.717) is 30.5 Å². The first-order chi connectivity index (χ1) is 9.81. The maximum absolute atomic E-state index is 13.5. The van der Waals surface area contributed by atoms with Gasteiger partial charge in [-0.25, -0.2) is 4.39 Å². The minimum absolute atomic E-state index is 0.0717. The standard InChI is InChI=1S/C17H27FN2O/c1-12(2)7-9-20(10-8-13(3)4)17(21)14-5-6-16(19)15(18)11-14/h5-6,11-13H,7-10,19H2,1-4H3. The van der Waals surface area contributed by atoms with Gasteiger partial charge in [-0.1, -0.05) is 27.7 Å². The third-order valence-electron chi connectivity index (χ3n) is 3.49. The summed E-state index contributed by atoms with van der Waals surface area (Å²) in [5.74, 6) is 0.411. The van der Waals surface area contributed by atoms with E-state index in [-0.39, 0.29) is 11.6 Å². The van der Waals surface area contributed by atoms with E-state index >= 15 is 0 Å².